The van der Waals surface area contributed by atoms with Gasteiger partial charge in [0.15, 0.2) is 6.04 Å². The summed E-state index contributed by atoms with van der Waals surface area (Å²) in [7, 11) is 0. The third kappa shape index (κ3) is 1.42. The van der Waals surface area contributed by atoms with E-state index in [0.29, 0.717) is 5.69 Å². The van der Waals surface area contributed by atoms with Gasteiger partial charge in [0.2, 0.25) is 0 Å². The summed E-state index contributed by atoms with van der Waals surface area (Å²) in [5.41, 5.74) is 0.665. The minimum atomic E-state index is 0.665. The maximum atomic E-state index is 4.64. The van der Waals surface area contributed by atoms with Crippen LogP contribution in [0.25, 0.3) is 0 Å². The van der Waals surface area contributed by atoms with Crippen LogP contribution in [0.4, 0.5) is 0 Å². The van der Waals surface area contributed by atoms with Crippen molar-refractivity contribution in [2.45, 2.75) is 13.3 Å². The molecule has 0 aliphatic rings. The topological polar surface area (TPSA) is 69.6 Å². The molecule has 2 heterocycles. The van der Waals surface area contributed by atoms with Gasteiger partial charge in [-0.25, -0.2) is 0 Å². The zero-order chi connectivity index (χ0) is 9.10. The van der Waals surface area contributed by atoms with E-state index in [9.17, 15) is 0 Å². The summed E-state index contributed by atoms with van der Waals surface area (Å²) in [6, 6.07) is 0.867. The first-order valence-corrected chi connectivity index (χ1v) is 3.91. The molecule has 0 saturated heterocycles. The van der Waals surface area contributed by atoms with Crippen molar-refractivity contribution in [3.8, 4) is 0 Å². The van der Waals surface area contributed by atoms with Crippen molar-refractivity contribution in [1.82, 2.24) is 25.4 Å². The van der Waals surface area contributed by atoms with E-state index in [1.807, 2.05) is 6.92 Å². The standard InChI is InChI=1S/C7H8N5O/c1-2-7(6-5-13-11-10-6)12-8-3-4-9-12/h3-5H,2H2,1H3. The summed E-state index contributed by atoms with van der Waals surface area (Å²) in [5.74, 6) is 0. The van der Waals surface area contributed by atoms with Crippen LogP contribution in [-0.2, 0) is 0 Å². The second kappa shape index (κ2) is 3.34. The first-order chi connectivity index (χ1) is 6.42. The molecule has 0 spiro atoms. The summed E-state index contributed by atoms with van der Waals surface area (Å²) < 4.78 is 4.64. The molecule has 6 nitrogen and oxygen atoms in total. The molecule has 0 fully saturated rings. The molecule has 0 bridgehead atoms. The molecule has 0 amide bonds. The van der Waals surface area contributed by atoms with Gasteiger partial charge in [-0.05, 0) is 6.42 Å². The Morgan fingerprint density at radius 3 is 2.77 bits per heavy atom. The van der Waals surface area contributed by atoms with Gasteiger partial charge in [0.25, 0.3) is 0 Å². The van der Waals surface area contributed by atoms with E-state index in [1.54, 1.807) is 12.4 Å². The average molecular weight is 178 g/mol. The van der Waals surface area contributed by atoms with E-state index in [4.69, 9.17) is 0 Å². The van der Waals surface area contributed by atoms with Crippen LogP contribution in [0, 0.1) is 6.04 Å². The predicted molar refractivity (Wildman–Crippen MR) is 42.4 cm³/mol. The lowest BCUT2D eigenvalue weighted by molar-refractivity contribution is 0.392. The van der Waals surface area contributed by atoms with E-state index in [0.717, 1.165) is 12.5 Å². The Morgan fingerprint density at radius 2 is 2.23 bits per heavy atom. The number of hydrogen-bond donors (Lipinski definition) is 0. The van der Waals surface area contributed by atoms with Crippen LogP contribution >= 0.6 is 0 Å². The summed E-state index contributed by atoms with van der Waals surface area (Å²) in [5, 5.41) is 15.2. The van der Waals surface area contributed by atoms with Crippen molar-refractivity contribution in [3.05, 3.63) is 30.4 Å². The molecule has 6 heteroatoms. The molecule has 67 valence electrons. The predicted octanol–water partition coefficient (Wildman–Crippen LogP) is 0.499. The lowest BCUT2D eigenvalue weighted by Crippen LogP contribution is -2.14. The van der Waals surface area contributed by atoms with Gasteiger partial charge in [-0.1, -0.05) is 6.92 Å². The Balaban J connectivity index is 2.29. The third-order valence-corrected chi connectivity index (χ3v) is 1.65. The lowest BCUT2D eigenvalue weighted by atomic mass is 10.2. The van der Waals surface area contributed by atoms with Crippen LogP contribution in [0.5, 0.6) is 0 Å². The zero-order valence-electron chi connectivity index (χ0n) is 7.08. The molecule has 0 aliphatic heterocycles. The van der Waals surface area contributed by atoms with Crippen LogP contribution in [0.3, 0.4) is 0 Å². The van der Waals surface area contributed by atoms with E-state index >= 15 is 0 Å². The number of nitrogens with zero attached hydrogens (tertiary/aromatic N) is 5. The Bertz CT molecular complexity index is 307. The fourth-order valence-electron chi connectivity index (χ4n) is 1.07. The van der Waals surface area contributed by atoms with E-state index in [-0.39, 0.29) is 0 Å². The summed E-state index contributed by atoms with van der Waals surface area (Å²) in [6.45, 7) is 1.99. The SMILES string of the molecule is CC[C](c1conn1)n1nccn1. The molecule has 0 N–H and O–H groups in total. The quantitative estimate of drug-likeness (QED) is 0.684. The second-order valence-corrected chi connectivity index (χ2v) is 2.41. The van der Waals surface area contributed by atoms with Gasteiger partial charge in [-0.2, -0.15) is 15.0 Å². The average Bonchev–Trinajstić information content (AvgIpc) is 2.76. The zero-order valence-corrected chi connectivity index (χ0v) is 7.08. The maximum absolute atomic E-state index is 4.64. The van der Waals surface area contributed by atoms with Crippen LogP contribution in [0.15, 0.2) is 23.2 Å². The van der Waals surface area contributed by atoms with Gasteiger partial charge in [0.1, 0.15) is 12.0 Å². The highest BCUT2D eigenvalue weighted by atomic mass is 16.5. The molecule has 2 aromatic rings. The maximum Gasteiger partial charge on any atom is 0.162 e. The number of rotatable bonds is 3. The number of aromatic nitrogens is 5. The normalized spacial score (nSPS) is 10.9. The highest BCUT2D eigenvalue weighted by molar-refractivity contribution is 5.15. The summed E-state index contributed by atoms with van der Waals surface area (Å²) in [6.07, 6.45) is 5.47. The molecule has 0 unspecified atom stereocenters. The van der Waals surface area contributed by atoms with Crippen LogP contribution < -0.4 is 0 Å². The van der Waals surface area contributed by atoms with Crippen molar-refractivity contribution in [2.75, 3.05) is 0 Å². The van der Waals surface area contributed by atoms with Crippen molar-refractivity contribution in [2.24, 2.45) is 0 Å². The van der Waals surface area contributed by atoms with Crippen molar-refractivity contribution < 1.29 is 4.52 Å². The Labute approximate surface area is 74.5 Å². The van der Waals surface area contributed by atoms with Crippen LogP contribution in [-0.4, -0.2) is 25.4 Å². The fraction of sp³-hybridized carbons (Fsp3) is 0.286. The molecule has 0 saturated carbocycles. The van der Waals surface area contributed by atoms with E-state index in [2.05, 4.69) is 25.1 Å². The highest BCUT2D eigenvalue weighted by Gasteiger charge is 2.17. The summed E-state index contributed by atoms with van der Waals surface area (Å²) >= 11 is 0. The van der Waals surface area contributed by atoms with Gasteiger partial charge in [-0.15, -0.1) is 5.10 Å². The highest BCUT2D eigenvalue weighted by Crippen LogP contribution is 2.15. The van der Waals surface area contributed by atoms with Gasteiger partial charge >= 0.3 is 0 Å². The van der Waals surface area contributed by atoms with Gasteiger partial charge in [-0.3, -0.25) is 0 Å². The van der Waals surface area contributed by atoms with Gasteiger partial charge in [0.05, 0.1) is 12.4 Å². The lowest BCUT2D eigenvalue weighted by Gasteiger charge is -2.07. The largest absolute Gasteiger partial charge is 0.345 e. The van der Waals surface area contributed by atoms with Crippen LogP contribution in [0.2, 0.25) is 0 Å². The monoisotopic (exact) mass is 178 g/mol. The van der Waals surface area contributed by atoms with Gasteiger partial charge in [0, 0.05) is 5.27 Å². The third-order valence-electron chi connectivity index (χ3n) is 1.65. The molecular formula is C7H8N5O. The van der Waals surface area contributed by atoms with Crippen LogP contribution in [0.1, 0.15) is 19.0 Å². The first kappa shape index (κ1) is 7.90. The molecule has 0 aromatic carbocycles. The molecule has 13 heavy (non-hydrogen) atoms. The smallest absolute Gasteiger partial charge is 0.162 e. The second-order valence-electron chi connectivity index (χ2n) is 2.41. The Morgan fingerprint density at radius 1 is 1.46 bits per heavy atom. The fourth-order valence-corrected chi connectivity index (χ4v) is 1.07. The molecule has 0 atom stereocenters. The molecular weight excluding hydrogens is 170 g/mol. The molecule has 1 radical (unpaired) electrons. The minimum Gasteiger partial charge on any atom is -0.345 e. The minimum absolute atomic E-state index is 0.665. The van der Waals surface area contributed by atoms with E-state index in [1.165, 1.54) is 11.1 Å². The van der Waals surface area contributed by atoms with Crippen molar-refractivity contribution >= 4 is 0 Å². The molecule has 2 aromatic heterocycles. The summed E-state index contributed by atoms with van der Waals surface area (Å²) in [4.78, 5) is 1.51. The molecule has 0 aliphatic carbocycles. The Kier molecular flexibility index (Phi) is 2.03. The van der Waals surface area contributed by atoms with Gasteiger partial charge < -0.3 is 4.52 Å². The Hall–Kier alpha value is -1.72. The van der Waals surface area contributed by atoms with E-state index < -0.39 is 0 Å². The molecule has 2 rings (SSSR count). The van der Waals surface area contributed by atoms with Crippen molar-refractivity contribution in [1.29, 1.82) is 0 Å². The first-order valence-electron chi connectivity index (χ1n) is 3.91. The number of hydrogen-bond acceptors (Lipinski definition) is 5. The van der Waals surface area contributed by atoms with Crippen molar-refractivity contribution in [3.63, 3.8) is 0 Å².